The van der Waals surface area contributed by atoms with Crippen LogP contribution in [0.3, 0.4) is 0 Å². The van der Waals surface area contributed by atoms with E-state index < -0.39 is 6.10 Å². The van der Waals surface area contributed by atoms with Gasteiger partial charge in [-0.25, -0.2) is 0 Å². The number of hydrogen-bond donors (Lipinski definition) is 3. The zero-order chi connectivity index (χ0) is 13.3. The van der Waals surface area contributed by atoms with Gasteiger partial charge in [0.15, 0.2) is 0 Å². The van der Waals surface area contributed by atoms with Crippen LogP contribution in [0.15, 0.2) is 18.2 Å². The standard InChI is InChI=1S/C13H18N2O3/c1-8-5-9(3-4-11(8)16)13(18)15(2)10-6-14-7-12(10)17/h3-5,10,12,14,16-17H,6-7H2,1-2H3/t10-,12-/m0/s1. The molecular weight excluding hydrogens is 232 g/mol. The second-order valence-corrected chi connectivity index (χ2v) is 4.71. The summed E-state index contributed by atoms with van der Waals surface area (Å²) in [6.07, 6.45) is -0.530. The maximum Gasteiger partial charge on any atom is 0.253 e. The van der Waals surface area contributed by atoms with Crippen molar-refractivity contribution in [3.8, 4) is 5.75 Å². The first-order valence-electron chi connectivity index (χ1n) is 5.96. The Morgan fingerprint density at radius 2 is 2.17 bits per heavy atom. The number of nitrogens with zero attached hydrogens (tertiary/aromatic N) is 1. The average Bonchev–Trinajstić information content (AvgIpc) is 2.77. The third-order valence-electron chi connectivity index (χ3n) is 3.41. The van der Waals surface area contributed by atoms with Gasteiger partial charge in [0.2, 0.25) is 0 Å². The molecule has 0 unspecified atom stereocenters. The molecule has 1 fully saturated rings. The summed E-state index contributed by atoms with van der Waals surface area (Å²) in [5.41, 5.74) is 1.19. The van der Waals surface area contributed by atoms with Crippen molar-refractivity contribution in [3.05, 3.63) is 29.3 Å². The molecule has 5 nitrogen and oxygen atoms in total. The molecule has 0 spiro atoms. The molecule has 5 heteroatoms. The van der Waals surface area contributed by atoms with Gasteiger partial charge in [0.05, 0.1) is 12.1 Å². The van der Waals surface area contributed by atoms with Crippen molar-refractivity contribution in [3.63, 3.8) is 0 Å². The number of benzene rings is 1. The van der Waals surface area contributed by atoms with Crippen LogP contribution in [-0.4, -0.2) is 53.3 Å². The number of amides is 1. The van der Waals surface area contributed by atoms with Gasteiger partial charge < -0.3 is 20.4 Å². The zero-order valence-corrected chi connectivity index (χ0v) is 10.6. The molecule has 0 saturated carbocycles. The quantitative estimate of drug-likeness (QED) is 0.696. The predicted molar refractivity (Wildman–Crippen MR) is 67.6 cm³/mol. The Kier molecular flexibility index (Phi) is 3.54. The predicted octanol–water partition coefficient (Wildman–Crippen LogP) is 0.105. The minimum absolute atomic E-state index is 0.147. The van der Waals surface area contributed by atoms with Crippen LogP contribution in [0.25, 0.3) is 0 Å². The average molecular weight is 250 g/mol. The van der Waals surface area contributed by atoms with E-state index in [0.29, 0.717) is 24.2 Å². The number of likely N-dealkylation sites (N-methyl/N-ethyl adjacent to an activating group) is 1. The summed E-state index contributed by atoms with van der Waals surface area (Å²) in [5, 5.41) is 22.2. The maximum atomic E-state index is 12.2. The number of β-amino-alcohol motifs (C(OH)–C–C–N with tert-alkyl or cyclic N) is 1. The molecule has 0 aliphatic carbocycles. The lowest BCUT2D eigenvalue weighted by molar-refractivity contribution is 0.0581. The fourth-order valence-electron chi connectivity index (χ4n) is 2.19. The molecule has 1 aliphatic heterocycles. The van der Waals surface area contributed by atoms with Crippen molar-refractivity contribution >= 4 is 5.91 Å². The van der Waals surface area contributed by atoms with E-state index in [2.05, 4.69) is 5.32 Å². The van der Waals surface area contributed by atoms with Crippen molar-refractivity contribution in [2.45, 2.75) is 19.1 Å². The van der Waals surface area contributed by atoms with Gasteiger partial charge in [0.1, 0.15) is 5.75 Å². The molecule has 1 aromatic rings. The van der Waals surface area contributed by atoms with Gasteiger partial charge in [-0.05, 0) is 30.7 Å². The van der Waals surface area contributed by atoms with Crippen LogP contribution in [0.4, 0.5) is 0 Å². The minimum atomic E-state index is -0.530. The Balaban J connectivity index is 2.17. The third kappa shape index (κ3) is 2.32. The van der Waals surface area contributed by atoms with Crippen molar-refractivity contribution in [2.24, 2.45) is 0 Å². The highest BCUT2D eigenvalue weighted by molar-refractivity contribution is 5.94. The fraction of sp³-hybridized carbons (Fsp3) is 0.462. The smallest absolute Gasteiger partial charge is 0.253 e. The number of carbonyl (C=O) groups excluding carboxylic acids is 1. The number of aliphatic hydroxyl groups is 1. The summed E-state index contributed by atoms with van der Waals surface area (Å²) in [6, 6.07) is 4.56. The highest BCUT2D eigenvalue weighted by atomic mass is 16.3. The van der Waals surface area contributed by atoms with E-state index in [-0.39, 0.29) is 17.7 Å². The van der Waals surface area contributed by atoms with Crippen LogP contribution in [0.5, 0.6) is 5.75 Å². The largest absolute Gasteiger partial charge is 0.508 e. The lowest BCUT2D eigenvalue weighted by atomic mass is 10.1. The molecule has 2 rings (SSSR count). The molecule has 1 amide bonds. The molecule has 1 aromatic carbocycles. The second-order valence-electron chi connectivity index (χ2n) is 4.71. The van der Waals surface area contributed by atoms with Crippen LogP contribution in [-0.2, 0) is 0 Å². The summed E-state index contributed by atoms with van der Waals surface area (Å²) < 4.78 is 0. The topological polar surface area (TPSA) is 72.8 Å². The molecule has 1 saturated heterocycles. The third-order valence-corrected chi connectivity index (χ3v) is 3.41. The van der Waals surface area contributed by atoms with Crippen molar-refractivity contribution < 1.29 is 15.0 Å². The number of aryl methyl sites for hydroxylation is 1. The van der Waals surface area contributed by atoms with Gasteiger partial charge in [-0.2, -0.15) is 0 Å². The number of phenolic OH excluding ortho intramolecular Hbond substituents is 1. The van der Waals surface area contributed by atoms with Gasteiger partial charge in [-0.1, -0.05) is 0 Å². The normalized spacial score (nSPS) is 23.1. The summed E-state index contributed by atoms with van der Waals surface area (Å²) >= 11 is 0. The first kappa shape index (κ1) is 12.9. The Bertz CT molecular complexity index is 462. The van der Waals surface area contributed by atoms with Crippen molar-refractivity contribution in [1.82, 2.24) is 10.2 Å². The van der Waals surface area contributed by atoms with E-state index in [4.69, 9.17) is 0 Å². The van der Waals surface area contributed by atoms with Crippen LogP contribution < -0.4 is 5.32 Å². The maximum absolute atomic E-state index is 12.2. The highest BCUT2D eigenvalue weighted by Gasteiger charge is 2.31. The summed E-state index contributed by atoms with van der Waals surface area (Å²) in [6.45, 7) is 2.86. The lowest BCUT2D eigenvalue weighted by Crippen LogP contribution is -2.44. The Morgan fingerprint density at radius 3 is 2.72 bits per heavy atom. The van der Waals surface area contributed by atoms with E-state index in [9.17, 15) is 15.0 Å². The second kappa shape index (κ2) is 4.96. The van der Waals surface area contributed by atoms with Gasteiger partial charge in [-0.15, -0.1) is 0 Å². The van der Waals surface area contributed by atoms with Crippen LogP contribution >= 0.6 is 0 Å². The fourth-order valence-corrected chi connectivity index (χ4v) is 2.19. The number of aliphatic hydroxyl groups excluding tert-OH is 1. The molecule has 0 radical (unpaired) electrons. The summed E-state index contributed by atoms with van der Waals surface area (Å²) in [7, 11) is 1.69. The van der Waals surface area contributed by atoms with E-state index in [0.717, 1.165) is 0 Å². The first-order chi connectivity index (χ1) is 8.50. The molecule has 98 valence electrons. The number of aromatic hydroxyl groups is 1. The molecule has 0 bridgehead atoms. The number of carbonyl (C=O) groups is 1. The Morgan fingerprint density at radius 1 is 1.44 bits per heavy atom. The molecule has 1 heterocycles. The number of nitrogens with one attached hydrogen (secondary N) is 1. The van der Waals surface area contributed by atoms with Gasteiger partial charge in [0, 0.05) is 25.7 Å². The lowest BCUT2D eigenvalue weighted by Gasteiger charge is -2.26. The molecule has 1 aliphatic rings. The van der Waals surface area contributed by atoms with E-state index in [1.165, 1.54) is 6.07 Å². The number of rotatable bonds is 2. The first-order valence-corrected chi connectivity index (χ1v) is 5.96. The van der Waals surface area contributed by atoms with Crippen LogP contribution in [0, 0.1) is 6.92 Å². The number of hydrogen-bond acceptors (Lipinski definition) is 4. The highest BCUT2D eigenvalue weighted by Crippen LogP contribution is 2.19. The minimum Gasteiger partial charge on any atom is -0.508 e. The van der Waals surface area contributed by atoms with Gasteiger partial charge in [0.25, 0.3) is 5.91 Å². The summed E-state index contributed by atoms with van der Waals surface area (Å²) in [5.74, 6) is 0.0302. The SMILES string of the molecule is Cc1cc(C(=O)N(C)[C@H]2CNC[C@@H]2O)ccc1O. The molecule has 2 atom stereocenters. The molecule has 18 heavy (non-hydrogen) atoms. The Labute approximate surface area is 106 Å². The summed E-state index contributed by atoms with van der Waals surface area (Å²) in [4.78, 5) is 13.8. The van der Waals surface area contributed by atoms with Crippen molar-refractivity contribution in [2.75, 3.05) is 20.1 Å². The van der Waals surface area contributed by atoms with Crippen molar-refractivity contribution in [1.29, 1.82) is 0 Å². The van der Waals surface area contributed by atoms with E-state index >= 15 is 0 Å². The molecular formula is C13H18N2O3. The molecule has 3 N–H and O–H groups in total. The van der Waals surface area contributed by atoms with Crippen LogP contribution in [0.2, 0.25) is 0 Å². The van der Waals surface area contributed by atoms with Gasteiger partial charge in [-0.3, -0.25) is 4.79 Å². The monoisotopic (exact) mass is 250 g/mol. The Hall–Kier alpha value is -1.59. The number of phenols is 1. The zero-order valence-electron chi connectivity index (χ0n) is 10.6. The van der Waals surface area contributed by atoms with E-state index in [1.807, 2.05) is 0 Å². The molecule has 0 aromatic heterocycles. The van der Waals surface area contributed by atoms with E-state index in [1.54, 1.807) is 31.0 Å². The van der Waals surface area contributed by atoms with Gasteiger partial charge >= 0.3 is 0 Å². The van der Waals surface area contributed by atoms with Crippen LogP contribution in [0.1, 0.15) is 15.9 Å².